The Balaban J connectivity index is 4.48. The van der Waals surface area contributed by atoms with E-state index < -0.39 is 38.0 Å². The number of aliphatic hydroxyl groups excluding tert-OH is 4. The van der Waals surface area contributed by atoms with Gasteiger partial charge in [-0.15, -0.1) is 0 Å². The Morgan fingerprint density at radius 1 is 0.625 bits per heavy atom. The van der Waals surface area contributed by atoms with E-state index >= 15 is 0 Å². The van der Waals surface area contributed by atoms with Gasteiger partial charge >= 0.3 is 0 Å². The Morgan fingerprint density at radius 2 is 0.875 bits per heavy atom. The third-order valence-electron chi connectivity index (χ3n) is 1.64. The van der Waals surface area contributed by atoms with Gasteiger partial charge in [-0.3, -0.25) is 0 Å². The maximum absolute atomic E-state index is 8.71. The molecule has 0 atom stereocenters. The Labute approximate surface area is 89.6 Å². The molecule has 0 aliphatic rings. The van der Waals surface area contributed by atoms with Gasteiger partial charge in [0.05, 0.1) is 0 Å². The molecular formula is C6H14O10. The van der Waals surface area contributed by atoms with Crippen LogP contribution in [-0.2, 0) is 19.6 Å². The summed E-state index contributed by atoms with van der Waals surface area (Å²) in [5.74, 6) is -4.68. The van der Waals surface area contributed by atoms with E-state index in [1.165, 1.54) is 0 Å². The van der Waals surface area contributed by atoms with Gasteiger partial charge in [0.1, 0.15) is 26.4 Å². The summed E-state index contributed by atoms with van der Waals surface area (Å²) in [5.41, 5.74) is 0. The molecule has 0 bridgehead atoms. The van der Waals surface area contributed by atoms with Crippen molar-refractivity contribution in [2.24, 2.45) is 0 Å². The maximum Gasteiger partial charge on any atom is 0.278 e. The summed E-state index contributed by atoms with van der Waals surface area (Å²) < 4.78 is 0. The monoisotopic (exact) mass is 246 g/mol. The van der Waals surface area contributed by atoms with Crippen molar-refractivity contribution < 1.29 is 50.5 Å². The maximum atomic E-state index is 8.71. The van der Waals surface area contributed by atoms with Crippen molar-refractivity contribution in [3.05, 3.63) is 0 Å². The normalized spacial score (nSPS) is 13.1. The standard InChI is InChI=1S/C6H14O10/c7-1-5(2-8,13-11)15-16-6(3-9,4-10)14-12/h7-12H,1-4H2. The molecule has 0 rings (SSSR count). The van der Waals surface area contributed by atoms with Gasteiger partial charge in [-0.05, 0) is 0 Å². The second kappa shape index (κ2) is 7.03. The van der Waals surface area contributed by atoms with E-state index in [2.05, 4.69) is 19.6 Å². The third-order valence-corrected chi connectivity index (χ3v) is 1.64. The molecule has 98 valence electrons. The number of aliphatic hydroxyl groups is 4. The van der Waals surface area contributed by atoms with Crippen molar-refractivity contribution >= 4 is 0 Å². The Hall–Kier alpha value is -0.400. The highest BCUT2D eigenvalue weighted by Crippen LogP contribution is 2.18. The molecule has 0 heterocycles. The molecule has 0 saturated carbocycles. The second-order valence-corrected chi connectivity index (χ2v) is 2.80. The van der Waals surface area contributed by atoms with Gasteiger partial charge in [0.25, 0.3) is 11.6 Å². The second-order valence-electron chi connectivity index (χ2n) is 2.80. The van der Waals surface area contributed by atoms with Gasteiger partial charge in [0, 0.05) is 0 Å². The largest absolute Gasteiger partial charge is 0.390 e. The summed E-state index contributed by atoms with van der Waals surface area (Å²) in [5, 5.41) is 51.5. The summed E-state index contributed by atoms with van der Waals surface area (Å²) in [6.45, 7) is -4.06. The smallest absolute Gasteiger partial charge is 0.278 e. The molecule has 0 radical (unpaired) electrons. The van der Waals surface area contributed by atoms with Gasteiger partial charge in [-0.1, -0.05) is 0 Å². The molecule has 0 aromatic carbocycles. The van der Waals surface area contributed by atoms with Crippen LogP contribution < -0.4 is 0 Å². The lowest BCUT2D eigenvalue weighted by Gasteiger charge is -2.30. The van der Waals surface area contributed by atoms with E-state index in [1.807, 2.05) is 0 Å². The van der Waals surface area contributed by atoms with Crippen LogP contribution in [0.25, 0.3) is 0 Å². The molecule has 10 nitrogen and oxygen atoms in total. The highest BCUT2D eigenvalue weighted by Gasteiger charge is 2.40. The van der Waals surface area contributed by atoms with Crippen LogP contribution in [0.15, 0.2) is 0 Å². The van der Waals surface area contributed by atoms with Crippen LogP contribution in [0.4, 0.5) is 0 Å². The summed E-state index contributed by atoms with van der Waals surface area (Å²) in [6, 6.07) is 0. The quantitative estimate of drug-likeness (QED) is 0.143. The summed E-state index contributed by atoms with van der Waals surface area (Å²) in [6.07, 6.45) is 0. The van der Waals surface area contributed by atoms with Crippen molar-refractivity contribution in [2.75, 3.05) is 26.4 Å². The molecule has 0 aromatic heterocycles. The molecule has 0 aliphatic carbocycles. The van der Waals surface area contributed by atoms with Gasteiger partial charge in [-0.2, -0.15) is 19.6 Å². The van der Waals surface area contributed by atoms with E-state index in [-0.39, 0.29) is 0 Å². The highest BCUT2D eigenvalue weighted by atomic mass is 17.3. The minimum Gasteiger partial charge on any atom is -0.390 e. The predicted molar refractivity (Wildman–Crippen MR) is 43.4 cm³/mol. The molecule has 0 aromatic rings. The number of rotatable bonds is 9. The minimum absolute atomic E-state index is 1.02. The van der Waals surface area contributed by atoms with E-state index in [9.17, 15) is 0 Å². The highest BCUT2D eigenvalue weighted by molar-refractivity contribution is 4.66. The molecule has 6 N–H and O–H groups in total. The first-order valence-electron chi connectivity index (χ1n) is 4.03. The van der Waals surface area contributed by atoms with Crippen molar-refractivity contribution in [1.29, 1.82) is 0 Å². The number of hydrogen-bond acceptors (Lipinski definition) is 10. The van der Waals surface area contributed by atoms with E-state index in [1.54, 1.807) is 0 Å². The summed E-state index contributed by atoms with van der Waals surface area (Å²) in [4.78, 5) is 15.7. The lowest BCUT2D eigenvalue weighted by molar-refractivity contribution is -0.580. The Bertz CT molecular complexity index is 140. The fraction of sp³-hybridized carbons (Fsp3) is 1.00. The third kappa shape index (κ3) is 3.57. The molecule has 16 heavy (non-hydrogen) atoms. The number of hydrogen-bond donors (Lipinski definition) is 6. The van der Waals surface area contributed by atoms with E-state index in [0.717, 1.165) is 0 Å². The zero-order valence-corrected chi connectivity index (χ0v) is 8.14. The fourth-order valence-electron chi connectivity index (χ4n) is 0.503. The van der Waals surface area contributed by atoms with Crippen LogP contribution in [0.2, 0.25) is 0 Å². The topological polar surface area (TPSA) is 158 Å². The molecule has 0 spiro atoms. The average molecular weight is 246 g/mol. The first kappa shape index (κ1) is 15.6. The first-order valence-corrected chi connectivity index (χ1v) is 4.03. The van der Waals surface area contributed by atoms with Crippen molar-refractivity contribution in [3.8, 4) is 0 Å². The van der Waals surface area contributed by atoms with Crippen LogP contribution >= 0.6 is 0 Å². The Morgan fingerprint density at radius 3 is 1.00 bits per heavy atom. The summed E-state index contributed by atoms with van der Waals surface area (Å²) in [7, 11) is 0. The molecule has 0 aliphatic heterocycles. The Kier molecular flexibility index (Phi) is 6.85. The van der Waals surface area contributed by atoms with Crippen LogP contribution in [0.5, 0.6) is 0 Å². The molecule has 10 heteroatoms. The van der Waals surface area contributed by atoms with Crippen LogP contribution in [-0.4, -0.2) is 68.9 Å². The van der Waals surface area contributed by atoms with Gasteiger partial charge in [0.2, 0.25) is 0 Å². The molecule has 0 unspecified atom stereocenters. The van der Waals surface area contributed by atoms with E-state index in [4.69, 9.17) is 30.9 Å². The van der Waals surface area contributed by atoms with Crippen LogP contribution in [0.1, 0.15) is 0 Å². The molecule has 0 saturated heterocycles. The lowest BCUT2D eigenvalue weighted by Crippen LogP contribution is -2.50. The van der Waals surface area contributed by atoms with Crippen LogP contribution in [0.3, 0.4) is 0 Å². The van der Waals surface area contributed by atoms with Gasteiger partial charge in [-0.25, -0.2) is 10.5 Å². The van der Waals surface area contributed by atoms with E-state index in [0.29, 0.717) is 0 Å². The lowest BCUT2D eigenvalue weighted by atomic mass is 10.3. The summed E-state index contributed by atoms with van der Waals surface area (Å²) >= 11 is 0. The van der Waals surface area contributed by atoms with Gasteiger partial charge < -0.3 is 20.4 Å². The van der Waals surface area contributed by atoms with Crippen molar-refractivity contribution in [2.45, 2.75) is 11.6 Å². The molecule has 0 amide bonds. The molecule has 0 fully saturated rings. The first-order chi connectivity index (χ1) is 7.57. The molecular weight excluding hydrogens is 232 g/mol. The zero-order chi connectivity index (χ0) is 12.7. The SMILES string of the molecule is OCC(CO)(OO)OOC(CO)(CO)OO. The van der Waals surface area contributed by atoms with Crippen molar-refractivity contribution in [1.82, 2.24) is 0 Å². The van der Waals surface area contributed by atoms with Crippen LogP contribution in [0, 0.1) is 0 Å². The minimum atomic E-state index is -2.34. The average Bonchev–Trinajstić information content (AvgIpc) is 2.37. The zero-order valence-electron chi connectivity index (χ0n) is 8.14. The predicted octanol–water partition coefficient (Wildman–Crippen LogP) is -2.72. The van der Waals surface area contributed by atoms with Gasteiger partial charge in [0.15, 0.2) is 0 Å². The fourth-order valence-corrected chi connectivity index (χ4v) is 0.503. The van der Waals surface area contributed by atoms with Crippen molar-refractivity contribution in [3.63, 3.8) is 0 Å².